The van der Waals surface area contributed by atoms with Crippen LogP contribution in [0.25, 0.3) is 6.08 Å². The lowest BCUT2D eigenvalue weighted by Gasteiger charge is -2.13. The number of carbonyl (C=O) groups excluding carboxylic acids is 2. The number of ether oxygens (including phenoxy) is 3. The van der Waals surface area contributed by atoms with Crippen LogP contribution in [0.5, 0.6) is 17.2 Å². The molecule has 4 rings (SSSR count). The highest BCUT2D eigenvalue weighted by molar-refractivity contribution is 8.19. The molecular weight excluding hydrogens is 462 g/mol. The third-order valence-corrected chi connectivity index (χ3v) is 6.19. The SMILES string of the molecule is COc1ccc(N2C(=O)S/C(=C\c3ccc(OCc4ccccc4Cl)c(OC)c3)C2=O)cc1. The Morgan fingerprint density at radius 2 is 1.70 bits per heavy atom. The Balaban J connectivity index is 1.53. The van der Waals surface area contributed by atoms with Gasteiger partial charge in [0.25, 0.3) is 11.1 Å². The summed E-state index contributed by atoms with van der Waals surface area (Å²) in [7, 11) is 3.10. The minimum absolute atomic E-state index is 0.288. The summed E-state index contributed by atoms with van der Waals surface area (Å²) in [4.78, 5) is 26.9. The zero-order valence-electron chi connectivity index (χ0n) is 17.9. The number of nitrogens with zero attached hydrogens (tertiary/aromatic N) is 1. The van der Waals surface area contributed by atoms with Crippen LogP contribution in [0.2, 0.25) is 5.02 Å². The van der Waals surface area contributed by atoms with Gasteiger partial charge in [0.2, 0.25) is 0 Å². The standard InChI is InChI=1S/C25H20ClNO5S/c1-30-19-10-8-18(9-11-19)27-24(28)23(33-25(27)29)14-16-7-12-21(22(13-16)31-2)32-15-17-5-3-4-6-20(17)26/h3-14H,15H2,1-2H3/b23-14-. The lowest BCUT2D eigenvalue weighted by atomic mass is 10.1. The summed E-state index contributed by atoms with van der Waals surface area (Å²) < 4.78 is 16.5. The maximum Gasteiger partial charge on any atom is 0.298 e. The molecule has 1 fully saturated rings. The number of halogens is 1. The van der Waals surface area contributed by atoms with E-state index in [0.717, 1.165) is 22.2 Å². The predicted molar refractivity (Wildman–Crippen MR) is 130 cm³/mol. The van der Waals surface area contributed by atoms with Gasteiger partial charge < -0.3 is 14.2 Å². The number of methoxy groups -OCH3 is 2. The van der Waals surface area contributed by atoms with Crippen LogP contribution in [0.1, 0.15) is 11.1 Å². The molecule has 168 valence electrons. The van der Waals surface area contributed by atoms with Gasteiger partial charge in [-0.2, -0.15) is 0 Å². The molecule has 0 radical (unpaired) electrons. The van der Waals surface area contributed by atoms with Crippen LogP contribution in [0.3, 0.4) is 0 Å². The van der Waals surface area contributed by atoms with Gasteiger partial charge in [-0.15, -0.1) is 0 Å². The van der Waals surface area contributed by atoms with E-state index in [1.807, 2.05) is 18.2 Å². The first-order valence-corrected chi connectivity index (χ1v) is 11.2. The molecule has 0 unspecified atom stereocenters. The number of benzene rings is 3. The second kappa shape index (κ2) is 10.0. The number of thioether (sulfide) groups is 1. The molecule has 0 N–H and O–H groups in total. The Hall–Kier alpha value is -3.42. The molecule has 0 aliphatic carbocycles. The van der Waals surface area contributed by atoms with E-state index in [0.29, 0.717) is 38.4 Å². The highest BCUT2D eigenvalue weighted by Crippen LogP contribution is 2.37. The number of carbonyl (C=O) groups is 2. The number of hydrogen-bond acceptors (Lipinski definition) is 6. The van der Waals surface area contributed by atoms with E-state index < -0.39 is 0 Å². The van der Waals surface area contributed by atoms with E-state index in [1.54, 1.807) is 68.8 Å². The van der Waals surface area contributed by atoms with Crippen LogP contribution >= 0.6 is 23.4 Å². The maximum absolute atomic E-state index is 12.9. The molecule has 0 bridgehead atoms. The molecule has 0 atom stereocenters. The number of imide groups is 1. The van der Waals surface area contributed by atoms with Gasteiger partial charge in [0.15, 0.2) is 11.5 Å². The summed E-state index contributed by atoms with van der Waals surface area (Å²) in [5.74, 6) is 1.31. The summed E-state index contributed by atoms with van der Waals surface area (Å²) in [6, 6.07) is 19.5. The number of rotatable bonds is 7. The average Bonchev–Trinajstić information content (AvgIpc) is 3.11. The van der Waals surface area contributed by atoms with Crippen LogP contribution in [-0.4, -0.2) is 25.4 Å². The molecule has 0 spiro atoms. The van der Waals surface area contributed by atoms with Crippen LogP contribution < -0.4 is 19.1 Å². The molecule has 0 aromatic heterocycles. The molecule has 6 nitrogen and oxygen atoms in total. The Morgan fingerprint density at radius 3 is 2.39 bits per heavy atom. The predicted octanol–water partition coefficient (Wildman–Crippen LogP) is 6.18. The zero-order valence-corrected chi connectivity index (χ0v) is 19.5. The van der Waals surface area contributed by atoms with E-state index in [1.165, 1.54) is 0 Å². The summed E-state index contributed by atoms with van der Waals surface area (Å²) in [6.07, 6.45) is 1.66. The average molecular weight is 482 g/mol. The Morgan fingerprint density at radius 1 is 0.939 bits per heavy atom. The van der Waals surface area contributed by atoms with E-state index >= 15 is 0 Å². The largest absolute Gasteiger partial charge is 0.497 e. The smallest absolute Gasteiger partial charge is 0.298 e. The number of anilines is 1. The molecule has 8 heteroatoms. The first-order chi connectivity index (χ1) is 16.0. The van der Waals surface area contributed by atoms with Crippen LogP contribution in [0.4, 0.5) is 10.5 Å². The Bertz CT molecular complexity index is 1230. The molecule has 0 saturated carbocycles. The molecule has 3 aromatic carbocycles. The van der Waals surface area contributed by atoms with Crippen molar-refractivity contribution in [3.8, 4) is 17.2 Å². The second-order valence-electron chi connectivity index (χ2n) is 7.01. The van der Waals surface area contributed by atoms with Crippen molar-refractivity contribution in [2.75, 3.05) is 19.1 Å². The van der Waals surface area contributed by atoms with Crippen LogP contribution in [-0.2, 0) is 11.4 Å². The van der Waals surface area contributed by atoms with Gasteiger partial charge >= 0.3 is 0 Å². The summed E-state index contributed by atoms with van der Waals surface area (Å²) in [5.41, 5.74) is 2.05. The van der Waals surface area contributed by atoms with Crippen molar-refractivity contribution in [1.29, 1.82) is 0 Å². The van der Waals surface area contributed by atoms with E-state index in [9.17, 15) is 9.59 Å². The van der Waals surface area contributed by atoms with Crippen molar-refractivity contribution < 1.29 is 23.8 Å². The van der Waals surface area contributed by atoms with Crippen LogP contribution in [0, 0.1) is 0 Å². The van der Waals surface area contributed by atoms with Gasteiger partial charge in [-0.25, -0.2) is 4.90 Å². The lowest BCUT2D eigenvalue weighted by molar-refractivity contribution is -0.113. The first kappa shape index (κ1) is 22.8. The summed E-state index contributed by atoms with van der Waals surface area (Å²) in [5, 5.41) is 0.267. The second-order valence-corrected chi connectivity index (χ2v) is 8.41. The maximum atomic E-state index is 12.9. The fourth-order valence-electron chi connectivity index (χ4n) is 3.24. The van der Waals surface area contributed by atoms with Crippen molar-refractivity contribution in [3.63, 3.8) is 0 Å². The molecule has 33 heavy (non-hydrogen) atoms. The fourth-order valence-corrected chi connectivity index (χ4v) is 4.27. The number of hydrogen-bond donors (Lipinski definition) is 0. The molecule has 1 saturated heterocycles. The Labute approximate surface area is 200 Å². The summed E-state index contributed by atoms with van der Waals surface area (Å²) in [6.45, 7) is 0.288. The lowest BCUT2D eigenvalue weighted by Crippen LogP contribution is -2.27. The minimum Gasteiger partial charge on any atom is -0.497 e. The zero-order chi connectivity index (χ0) is 23.4. The van der Waals surface area contributed by atoms with E-state index in [-0.39, 0.29) is 17.8 Å². The molecule has 1 aliphatic heterocycles. The van der Waals surface area contributed by atoms with Crippen molar-refractivity contribution in [2.45, 2.75) is 6.61 Å². The highest BCUT2D eigenvalue weighted by Gasteiger charge is 2.36. The fraction of sp³-hybridized carbons (Fsp3) is 0.120. The summed E-state index contributed by atoms with van der Waals surface area (Å²) >= 11 is 7.08. The van der Waals surface area contributed by atoms with E-state index in [2.05, 4.69) is 0 Å². The monoisotopic (exact) mass is 481 g/mol. The van der Waals surface area contributed by atoms with Crippen molar-refractivity contribution in [2.24, 2.45) is 0 Å². The van der Waals surface area contributed by atoms with Gasteiger partial charge in [-0.05, 0) is 65.9 Å². The minimum atomic E-state index is -0.381. The van der Waals surface area contributed by atoms with Gasteiger partial charge in [-0.3, -0.25) is 9.59 Å². The third-order valence-electron chi connectivity index (χ3n) is 4.95. The van der Waals surface area contributed by atoms with Gasteiger partial charge in [0.05, 0.1) is 24.8 Å². The van der Waals surface area contributed by atoms with Crippen molar-refractivity contribution >= 4 is 46.3 Å². The number of amides is 2. The van der Waals surface area contributed by atoms with Crippen molar-refractivity contribution in [3.05, 3.63) is 87.8 Å². The van der Waals surface area contributed by atoms with Gasteiger partial charge in [0.1, 0.15) is 12.4 Å². The molecular formula is C25H20ClNO5S. The molecule has 2 amide bonds. The third kappa shape index (κ3) is 4.99. The highest BCUT2D eigenvalue weighted by atomic mass is 35.5. The normalized spacial score (nSPS) is 14.6. The van der Waals surface area contributed by atoms with Crippen molar-refractivity contribution in [1.82, 2.24) is 0 Å². The van der Waals surface area contributed by atoms with Crippen LogP contribution in [0.15, 0.2) is 71.6 Å². The molecule has 1 heterocycles. The van der Waals surface area contributed by atoms with E-state index in [4.69, 9.17) is 25.8 Å². The first-order valence-electron chi connectivity index (χ1n) is 9.96. The Kier molecular flexibility index (Phi) is 6.91. The van der Waals surface area contributed by atoms with Gasteiger partial charge in [-0.1, -0.05) is 35.9 Å². The van der Waals surface area contributed by atoms with Gasteiger partial charge in [0, 0.05) is 10.6 Å². The topological polar surface area (TPSA) is 65.1 Å². The molecule has 1 aliphatic rings. The quantitative estimate of drug-likeness (QED) is 0.375. The molecule has 3 aromatic rings.